The fraction of sp³-hybridized carbons (Fsp3) is 0.333. The zero-order valence-corrected chi connectivity index (χ0v) is 7.63. The molecule has 64 valence electrons. The highest BCUT2D eigenvalue weighted by Gasteiger charge is 2.05. The fourth-order valence-electron chi connectivity index (χ4n) is 0.980. The summed E-state index contributed by atoms with van der Waals surface area (Å²) in [6, 6.07) is 1.86. The molecule has 1 heterocycles. The molecule has 0 saturated carbocycles. The molecule has 0 unspecified atom stereocenters. The summed E-state index contributed by atoms with van der Waals surface area (Å²) in [6.07, 6.45) is 3.48. The molecule has 0 aromatic carbocycles. The quantitative estimate of drug-likeness (QED) is 0.500. The second kappa shape index (κ2) is 3.34. The van der Waals surface area contributed by atoms with Crippen LogP contribution in [0.2, 0.25) is 0 Å². The molecule has 3 nitrogen and oxygen atoms in total. The van der Waals surface area contributed by atoms with Crippen LogP contribution in [0.5, 0.6) is 0 Å². The maximum Gasteiger partial charge on any atom is 0.127 e. The van der Waals surface area contributed by atoms with Crippen molar-refractivity contribution in [2.75, 3.05) is 14.1 Å². The van der Waals surface area contributed by atoms with Crippen LogP contribution >= 0.6 is 0 Å². The molecule has 0 aliphatic heterocycles. The molecule has 0 atom stereocenters. The van der Waals surface area contributed by atoms with E-state index in [9.17, 15) is 0 Å². The Bertz CT molecular complexity index is 292. The molecule has 0 saturated heterocycles. The first-order chi connectivity index (χ1) is 5.63. The second-order valence-electron chi connectivity index (χ2n) is 2.93. The van der Waals surface area contributed by atoms with Crippen LogP contribution in [0.4, 0.5) is 0 Å². The van der Waals surface area contributed by atoms with Crippen molar-refractivity contribution in [3.63, 3.8) is 0 Å². The van der Waals surface area contributed by atoms with Gasteiger partial charge in [0, 0.05) is 32.1 Å². The van der Waals surface area contributed by atoms with Crippen molar-refractivity contribution >= 4 is 5.84 Å². The average Bonchev–Trinajstić information content (AvgIpc) is 2.04. The number of aromatic nitrogens is 1. The number of amidine groups is 1. The van der Waals surface area contributed by atoms with Crippen molar-refractivity contribution in [3.8, 4) is 0 Å². The van der Waals surface area contributed by atoms with Gasteiger partial charge in [0.05, 0.1) is 0 Å². The maximum absolute atomic E-state index is 7.72. The summed E-state index contributed by atoms with van der Waals surface area (Å²) in [6.45, 7) is 1.96. The number of nitrogens with one attached hydrogen (secondary N) is 1. The SMILES string of the molecule is Cc1cnccc1C(=N)N(C)C. The number of pyridine rings is 1. The zero-order chi connectivity index (χ0) is 9.14. The molecule has 3 heteroatoms. The first-order valence-electron chi connectivity index (χ1n) is 3.80. The number of aryl methyl sites for hydroxylation is 1. The fourth-order valence-corrected chi connectivity index (χ4v) is 0.980. The summed E-state index contributed by atoms with van der Waals surface area (Å²) >= 11 is 0. The molecule has 0 aliphatic carbocycles. The van der Waals surface area contributed by atoms with Gasteiger partial charge in [-0.2, -0.15) is 0 Å². The van der Waals surface area contributed by atoms with Crippen molar-refractivity contribution < 1.29 is 0 Å². The lowest BCUT2D eigenvalue weighted by Crippen LogP contribution is -2.22. The first kappa shape index (κ1) is 8.71. The third-order valence-electron chi connectivity index (χ3n) is 1.72. The van der Waals surface area contributed by atoms with Crippen LogP contribution in [0.3, 0.4) is 0 Å². The molecule has 0 bridgehead atoms. The standard InChI is InChI=1S/C9H13N3/c1-7-6-11-5-4-8(7)9(10)12(2)3/h4-6,10H,1-3H3. The minimum absolute atomic E-state index is 0.523. The largest absolute Gasteiger partial charge is 0.363 e. The van der Waals surface area contributed by atoms with Crippen molar-refractivity contribution in [2.24, 2.45) is 0 Å². The van der Waals surface area contributed by atoms with Gasteiger partial charge >= 0.3 is 0 Å². The normalized spacial score (nSPS) is 9.58. The van der Waals surface area contributed by atoms with Gasteiger partial charge in [0.1, 0.15) is 5.84 Å². The molecule has 0 radical (unpaired) electrons. The molecule has 0 amide bonds. The Labute approximate surface area is 72.6 Å². The Kier molecular flexibility index (Phi) is 2.43. The van der Waals surface area contributed by atoms with Gasteiger partial charge in [0.2, 0.25) is 0 Å². The summed E-state index contributed by atoms with van der Waals surface area (Å²) in [5.41, 5.74) is 1.98. The van der Waals surface area contributed by atoms with Crippen LogP contribution < -0.4 is 0 Å². The van der Waals surface area contributed by atoms with Crippen LogP contribution in [0.1, 0.15) is 11.1 Å². The molecule has 1 N–H and O–H groups in total. The van der Waals surface area contributed by atoms with E-state index in [0.717, 1.165) is 11.1 Å². The van der Waals surface area contributed by atoms with E-state index >= 15 is 0 Å². The highest BCUT2D eigenvalue weighted by atomic mass is 15.1. The molecule has 1 rings (SSSR count). The van der Waals surface area contributed by atoms with Crippen LogP contribution in [0.15, 0.2) is 18.5 Å². The van der Waals surface area contributed by atoms with Gasteiger partial charge in [-0.05, 0) is 18.6 Å². The van der Waals surface area contributed by atoms with E-state index in [1.807, 2.05) is 27.1 Å². The average molecular weight is 163 g/mol. The Hall–Kier alpha value is -1.38. The minimum Gasteiger partial charge on any atom is -0.363 e. The monoisotopic (exact) mass is 163 g/mol. The van der Waals surface area contributed by atoms with Crippen LogP contribution in [-0.4, -0.2) is 29.8 Å². The molecule has 0 aliphatic rings. The van der Waals surface area contributed by atoms with Crippen molar-refractivity contribution in [3.05, 3.63) is 29.6 Å². The van der Waals surface area contributed by atoms with Gasteiger partial charge in [0.25, 0.3) is 0 Å². The van der Waals surface area contributed by atoms with Crippen molar-refractivity contribution in [1.29, 1.82) is 5.41 Å². The predicted octanol–water partition coefficient (Wildman–Crippen LogP) is 1.28. The van der Waals surface area contributed by atoms with Crippen LogP contribution in [-0.2, 0) is 0 Å². The minimum atomic E-state index is 0.523. The Morgan fingerprint density at radius 1 is 1.50 bits per heavy atom. The van der Waals surface area contributed by atoms with E-state index in [2.05, 4.69) is 4.98 Å². The van der Waals surface area contributed by atoms with E-state index in [0.29, 0.717) is 5.84 Å². The van der Waals surface area contributed by atoms with Crippen molar-refractivity contribution in [1.82, 2.24) is 9.88 Å². The number of nitrogens with zero attached hydrogens (tertiary/aromatic N) is 2. The van der Waals surface area contributed by atoms with Crippen LogP contribution in [0.25, 0.3) is 0 Å². The Morgan fingerprint density at radius 3 is 2.67 bits per heavy atom. The van der Waals surface area contributed by atoms with E-state index in [4.69, 9.17) is 5.41 Å². The highest BCUT2D eigenvalue weighted by Crippen LogP contribution is 2.06. The zero-order valence-electron chi connectivity index (χ0n) is 7.63. The van der Waals surface area contributed by atoms with Gasteiger partial charge in [-0.3, -0.25) is 10.4 Å². The van der Waals surface area contributed by atoms with Gasteiger partial charge in [0.15, 0.2) is 0 Å². The van der Waals surface area contributed by atoms with E-state index in [1.54, 1.807) is 17.3 Å². The molecule has 0 spiro atoms. The predicted molar refractivity (Wildman–Crippen MR) is 49.5 cm³/mol. The molecule has 1 aromatic heterocycles. The summed E-state index contributed by atoms with van der Waals surface area (Å²) < 4.78 is 0. The molecule has 0 fully saturated rings. The summed E-state index contributed by atoms with van der Waals surface area (Å²) in [7, 11) is 3.73. The van der Waals surface area contributed by atoms with Gasteiger partial charge in [-0.25, -0.2) is 0 Å². The third-order valence-corrected chi connectivity index (χ3v) is 1.72. The topological polar surface area (TPSA) is 40.0 Å². The first-order valence-corrected chi connectivity index (χ1v) is 3.80. The summed E-state index contributed by atoms with van der Waals surface area (Å²) in [5.74, 6) is 0.523. The summed E-state index contributed by atoms with van der Waals surface area (Å²) in [4.78, 5) is 5.75. The Morgan fingerprint density at radius 2 is 2.17 bits per heavy atom. The van der Waals surface area contributed by atoms with Gasteiger partial charge in [-0.1, -0.05) is 0 Å². The third kappa shape index (κ3) is 1.61. The number of rotatable bonds is 1. The highest BCUT2D eigenvalue weighted by molar-refractivity contribution is 5.97. The lowest BCUT2D eigenvalue weighted by atomic mass is 10.1. The van der Waals surface area contributed by atoms with E-state index in [1.165, 1.54) is 0 Å². The smallest absolute Gasteiger partial charge is 0.127 e. The van der Waals surface area contributed by atoms with Gasteiger partial charge in [-0.15, -0.1) is 0 Å². The second-order valence-corrected chi connectivity index (χ2v) is 2.93. The van der Waals surface area contributed by atoms with E-state index < -0.39 is 0 Å². The van der Waals surface area contributed by atoms with Gasteiger partial charge < -0.3 is 4.90 Å². The Balaban J connectivity index is 3.03. The summed E-state index contributed by atoms with van der Waals surface area (Å²) in [5, 5.41) is 7.72. The maximum atomic E-state index is 7.72. The molecule has 12 heavy (non-hydrogen) atoms. The molecular weight excluding hydrogens is 150 g/mol. The lowest BCUT2D eigenvalue weighted by Gasteiger charge is -2.14. The van der Waals surface area contributed by atoms with Crippen molar-refractivity contribution in [2.45, 2.75) is 6.92 Å². The van der Waals surface area contributed by atoms with E-state index in [-0.39, 0.29) is 0 Å². The number of hydrogen-bond acceptors (Lipinski definition) is 2. The lowest BCUT2D eigenvalue weighted by molar-refractivity contribution is 0.618. The molecular formula is C9H13N3. The number of hydrogen-bond donors (Lipinski definition) is 1. The van der Waals surface area contributed by atoms with Crippen LogP contribution in [0, 0.1) is 12.3 Å². The molecule has 1 aromatic rings.